The third-order valence-electron chi connectivity index (χ3n) is 4.16. The third kappa shape index (κ3) is 2.50. The number of aliphatic hydroxyl groups is 1. The fraction of sp³-hybridized carbons (Fsp3) is 0.500. The van der Waals surface area contributed by atoms with Gasteiger partial charge < -0.3 is 5.11 Å². The molecule has 4 heteroatoms. The van der Waals surface area contributed by atoms with Crippen LogP contribution in [0.2, 0.25) is 0 Å². The number of aliphatic hydroxyl groups excluding tert-OH is 1. The fourth-order valence-corrected chi connectivity index (χ4v) is 3.46. The van der Waals surface area contributed by atoms with Crippen molar-refractivity contribution in [2.24, 2.45) is 0 Å². The maximum Gasteiger partial charge on any atom is 0.117 e. The van der Waals surface area contributed by atoms with E-state index < -0.39 is 6.10 Å². The smallest absolute Gasteiger partial charge is 0.117 e. The Labute approximate surface area is 123 Å². The Morgan fingerprint density at radius 3 is 2.45 bits per heavy atom. The predicted molar refractivity (Wildman–Crippen MR) is 81.1 cm³/mol. The summed E-state index contributed by atoms with van der Waals surface area (Å²) in [5.41, 5.74) is 3.24. The molecule has 3 nitrogen and oxygen atoms in total. The molecule has 1 aromatic carbocycles. The first-order chi connectivity index (χ1) is 9.66. The second-order valence-electron chi connectivity index (χ2n) is 5.87. The lowest BCUT2D eigenvalue weighted by Crippen LogP contribution is -2.09. The maximum atomic E-state index is 10.5. The molecule has 1 aliphatic rings. The highest BCUT2D eigenvalue weighted by molar-refractivity contribution is 7.05. The molecular formula is C16H20N2OS. The zero-order chi connectivity index (χ0) is 14.1. The van der Waals surface area contributed by atoms with E-state index in [0.29, 0.717) is 0 Å². The molecule has 1 N–H and O–H groups in total. The average molecular weight is 288 g/mol. The van der Waals surface area contributed by atoms with Crippen molar-refractivity contribution in [2.75, 3.05) is 0 Å². The highest BCUT2D eigenvalue weighted by atomic mass is 32.1. The van der Waals surface area contributed by atoms with E-state index >= 15 is 0 Å². The first kappa shape index (κ1) is 13.7. The summed E-state index contributed by atoms with van der Waals surface area (Å²) in [6.07, 6.45) is 3.35. The van der Waals surface area contributed by atoms with Gasteiger partial charge in [-0.2, -0.15) is 0 Å². The molecule has 2 aromatic rings. The fourth-order valence-electron chi connectivity index (χ4n) is 2.64. The van der Waals surface area contributed by atoms with Crippen molar-refractivity contribution < 1.29 is 5.11 Å². The van der Waals surface area contributed by atoms with Crippen molar-refractivity contribution in [3.8, 4) is 0 Å². The molecule has 20 heavy (non-hydrogen) atoms. The van der Waals surface area contributed by atoms with E-state index in [1.165, 1.54) is 36.4 Å². The lowest BCUT2D eigenvalue weighted by molar-refractivity contribution is 0.222. The minimum absolute atomic E-state index is 0.285. The molecular weight excluding hydrogens is 268 g/mol. The molecule has 0 saturated heterocycles. The van der Waals surface area contributed by atoms with Crippen molar-refractivity contribution in [3.05, 3.63) is 46.0 Å². The van der Waals surface area contributed by atoms with Crippen LogP contribution in [0.4, 0.5) is 0 Å². The molecule has 1 fully saturated rings. The molecule has 0 amide bonds. The van der Waals surface area contributed by atoms with E-state index in [-0.39, 0.29) is 5.92 Å². The molecule has 106 valence electrons. The van der Waals surface area contributed by atoms with Gasteiger partial charge in [0.1, 0.15) is 6.10 Å². The topological polar surface area (TPSA) is 46.0 Å². The number of hydrogen-bond acceptors (Lipinski definition) is 4. The predicted octanol–water partition coefficient (Wildman–Crippen LogP) is 4.01. The van der Waals surface area contributed by atoms with Crippen molar-refractivity contribution in [1.82, 2.24) is 9.59 Å². The summed E-state index contributed by atoms with van der Waals surface area (Å²) in [6, 6.07) is 8.40. The van der Waals surface area contributed by atoms with Crippen molar-refractivity contribution >= 4 is 11.5 Å². The summed E-state index contributed by atoms with van der Waals surface area (Å²) < 4.78 is 3.99. The summed E-state index contributed by atoms with van der Waals surface area (Å²) in [5, 5.41) is 14.7. The largest absolute Gasteiger partial charge is 0.383 e. The Kier molecular flexibility index (Phi) is 3.85. The van der Waals surface area contributed by atoms with Gasteiger partial charge in [-0.25, -0.2) is 0 Å². The minimum Gasteiger partial charge on any atom is -0.383 e. The summed E-state index contributed by atoms with van der Waals surface area (Å²) >= 11 is 1.30. The SMILES string of the molecule is CC(C)c1nnsc1C(O)c1ccc(C2CCC2)cc1. The summed E-state index contributed by atoms with van der Waals surface area (Å²) in [5.74, 6) is 1.02. The first-order valence-corrected chi connectivity index (χ1v) is 8.04. The zero-order valence-corrected chi connectivity index (χ0v) is 12.7. The van der Waals surface area contributed by atoms with Crippen molar-refractivity contribution in [1.29, 1.82) is 0 Å². The Hall–Kier alpha value is -1.26. The zero-order valence-electron chi connectivity index (χ0n) is 11.9. The standard InChI is InChI=1S/C16H20N2OS/c1-10(2)14-16(20-18-17-14)15(19)13-8-6-12(7-9-13)11-4-3-5-11/h6-11,15,19H,3-5H2,1-2H3. The maximum absolute atomic E-state index is 10.5. The lowest BCUT2D eigenvalue weighted by Gasteiger charge is -2.26. The van der Waals surface area contributed by atoms with Gasteiger partial charge in [0.25, 0.3) is 0 Å². The average Bonchev–Trinajstić information content (AvgIpc) is 2.86. The monoisotopic (exact) mass is 288 g/mol. The summed E-state index contributed by atoms with van der Waals surface area (Å²) in [7, 11) is 0. The van der Waals surface area contributed by atoms with Crippen LogP contribution in [0.5, 0.6) is 0 Å². The van der Waals surface area contributed by atoms with Crippen LogP contribution in [-0.4, -0.2) is 14.7 Å². The van der Waals surface area contributed by atoms with Crippen LogP contribution in [0.15, 0.2) is 24.3 Å². The van der Waals surface area contributed by atoms with Gasteiger partial charge >= 0.3 is 0 Å². The molecule has 1 unspecified atom stereocenters. The van der Waals surface area contributed by atoms with E-state index in [0.717, 1.165) is 22.1 Å². The van der Waals surface area contributed by atoms with E-state index in [1.54, 1.807) is 0 Å². The van der Waals surface area contributed by atoms with E-state index in [4.69, 9.17) is 0 Å². The van der Waals surface area contributed by atoms with Crippen LogP contribution in [-0.2, 0) is 0 Å². The van der Waals surface area contributed by atoms with E-state index in [9.17, 15) is 5.11 Å². The van der Waals surface area contributed by atoms with Gasteiger partial charge in [-0.05, 0) is 47.3 Å². The Bertz CT molecular complexity index is 572. The molecule has 0 radical (unpaired) electrons. The number of aromatic nitrogens is 2. The van der Waals surface area contributed by atoms with Gasteiger partial charge in [0.05, 0.1) is 10.6 Å². The normalized spacial score (nSPS) is 17.2. The van der Waals surface area contributed by atoms with E-state index in [2.05, 4.69) is 35.6 Å². The number of benzene rings is 1. The van der Waals surface area contributed by atoms with Gasteiger partial charge in [-0.1, -0.05) is 49.0 Å². The number of hydrogen-bond donors (Lipinski definition) is 1. The molecule has 0 spiro atoms. The summed E-state index contributed by atoms with van der Waals surface area (Å²) in [6.45, 7) is 4.15. The first-order valence-electron chi connectivity index (χ1n) is 7.27. The quantitative estimate of drug-likeness (QED) is 0.924. The second kappa shape index (κ2) is 5.62. The molecule has 1 heterocycles. The Morgan fingerprint density at radius 2 is 1.90 bits per heavy atom. The lowest BCUT2D eigenvalue weighted by atomic mass is 9.80. The molecule has 0 bridgehead atoms. The van der Waals surface area contributed by atoms with Crippen LogP contribution >= 0.6 is 11.5 Å². The van der Waals surface area contributed by atoms with Gasteiger partial charge in [0, 0.05) is 0 Å². The van der Waals surface area contributed by atoms with Gasteiger partial charge in [-0.3, -0.25) is 0 Å². The minimum atomic E-state index is -0.608. The van der Waals surface area contributed by atoms with Gasteiger partial charge in [-0.15, -0.1) is 5.10 Å². The second-order valence-corrected chi connectivity index (χ2v) is 6.66. The van der Waals surface area contributed by atoms with Crippen LogP contribution in [0.25, 0.3) is 0 Å². The van der Waals surface area contributed by atoms with Crippen molar-refractivity contribution in [3.63, 3.8) is 0 Å². The van der Waals surface area contributed by atoms with Crippen LogP contribution in [0, 0.1) is 0 Å². The third-order valence-corrected chi connectivity index (χ3v) is 4.96. The molecule has 3 rings (SSSR count). The van der Waals surface area contributed by atoms with Crippen LogP contribution < -0.4 is 0 Å². The van der Waals surface area contributed by atoms with Crippen LogP contribution in [0.1, 0.15) is 72.7 Å². The molecule has 1 aromatic heterocycles. The Morgan fingerprint density at radius 1 is 1.20 bits per heavy atom. The number of rotatable bonds is 4. The number of nitrogens with zero attached hydrogens (tertiary/aromatic N) is 2. The Balaban J connectivity index is 1.82. The van der Waals surface area contributed by atoms with Crippen molar-refractivity contribution in [2.45, 2.75) is 51.0 Å². The van der Waals surface area contributed by atoms with Gasteiger partial charge in [0.15, 0.2) is 0 Å². The highest BCUT2D eigenvalue weighted by Gasteiger charge is 2.22. The molecule has 0 aliphatic heterocycles. The molecule has 1 aliphatic carbocycles. The molecule has 1 saturated carbocycles. The van der Waals surface area contributed by atoms with Crippen LogP contribution in [0.3, 0.4) is 0 Å². The summed E-state index contributed by atoms with van der Waals surface area (Å²) in [4.78, 5) is 0.872. The highest BCUT2D eigenvalue weighted by Crippen LogP contribution is 2.37. The van der Waals surface area contributed by atoms with Gasteiger partial charge in [0.2, 0.25) is 0 Å². The molecule has 1 atom stereocenters. The van der Waals surface area contributed by atoms with E-state index in [1.807, 2.05) is 12.1 Å².